The van der Waals surface area contributed by atoms with E-state index in [2.05, 4.69) is 5.32 Å². The van der Waals surface area contributed by atoms with Gasteiger partial charge in [0.25, 0.3) is 5.56 Å². The van der Waals surface area contributed by atoms with Gasteiger partial charge in [0.1, 0.15) is 5.82 Å². The molecule has 1 aliphatic rings. The Morgan fingerprint density at radius 1 is 1.04 bits per heavy atom. The van der Waals surface area contributed by atoms with Crippen LogP contribution in [0.4, 0.5) is 17.6 Å². The van der Waals surface area contributed by atoms with Crippen molar-refractivity contribution in [1.29, 1.82) is 0 Å². The van der Waals surface area contributed by atoms with Crippen molar-refractivity contribution in [3.8, 4) is 11.1 Å². The average molecular weight is 630 g/mol. The number of nitrogens with one attached hydrogen (secondary N) is 1. The van der Waals surface area contributed by atoms with Gasteiger partial charge < -0.3 is 19.9 Å². The number of likely N-dealkylation sites (N-methyl/N-ethyl adjacent to an activating group) is 1. The number of pyridine rings is 1. The Labute approximate surface area is 262 Å². The van der Waals surface area contributed by atoms with Crippen LogP contribution in [0.5, 0.6) is 0 Å². The topological polar surface area (TPSA) is 74.6 Å². The van der Waals surface area contributed by atoms with E-state index in [1.807, 2.05) is 32.9 Å². The van der Waals surface area contributed by atoms with Gasteiger partial charge in [-0.2, -0.15) is 13.2 Å². The quantitative estimate of drug-likeness (QED) is 0.196. The fourth-order valence-corrected chi connectivity index (χ4v) is 6.29. The standard InChI is InChI=1S/C35H43F4N3O3/c1-20-11-21(2)33(22(3)12-20)26-13-23(4)34(36)28(15-26)30(17-32(44)45)40-18-27(14-24-7-8-24)42-19-25(9-10-41(5)6)29(16-31(42)43)35(37,38)39/h11-13,15-16,19,24,27,30,40H,7-10,14,17-18H2,1-6H3,(H,44,45)/t27?,30-/m0/s1. The van der Waals surface area contributed by atoms with Crippen LogP contribution < -0.4 is 10.9 Å². The second-order valence-corrected chi connectivity index (χ2v) is 12.9. The molecule has 2 aromatic carbocycles. The maximum Gasteiger partial charge on any atom is 0.416 e. The first-order chi connectivity index (χ1) is 21.0. The number of carbonyl (C=O) groups is 1. The molecule has 2 N–H and O–H groups in total. The van der Waals surface area contributed by atoms with E-state index in [9.17, 15) is 27.9 Å². The van der Waals surface area contributed by atoms with Gasteiger partial charge in [0, 0.05) is 43.0 Å². The summed E-state index contributed by atoms with van der Waals surface area (Å²) in [4.78, 5) is 27.0. The number of benzene rings is 2. The molecule has 0 saturated heterocycles. The highest BCUT2D eigenvalue weighted by molar-refractivity contribution is 5.73. The second kappa shape index (κ2) is 13.9. The first-order valence-electron chi connectivity index (χ1n) is 15.4. The maximum atomic E-state index is 15.8. The maximum absolute atomic E-state index is 15.8. The van der Waals surface area contributed by atoms with Crippen LogP contribution in [-0.2, 0) is 17.4 Å². The molecule has 10 heteroatoms. The molecule has 1 aromatic heterocycles. The first-order valence-corrected chi connectivity index (χ1v) is 15.4. The molecular formula is C35H43F4N3O3. The SMILES string of the molecule is Cc1cc(C)c(-c2cc(C)c(F)c([C@H](CC(=O)O)NCC(CC3CC3)n3cc(CCN(C)C)c(C(F)(F)F)cc3=O)c2)c(C)c1. The number of carboxylic acids is 1. The molecule has 1 saturated carbocycles. The summed E-state index contributed by atoms with van der Waals surface area (Å²) in [7, 11) is 3.53. The summed E-state index contributed by atoms with van der Waals surface area (Å²) in [5, 5.41) is 13.0. The van der Waals surface area contributed by atoms with Gasteiger partial charge in [-0.3, -0.25) is 9.59 Å². The van der Waals surface area contributed by atoms with Crippen molar-refractivity contribution in [1.82, 2.24) is 14.8 Å². The number of carboxylic acid groups (broad SMARTS) is 1. The molecule has 2 atom stereocenters. The van der Waals surface area contributed by atoms with Crippen LogP contribution in [0, 0.1) is 39.4 Å². The minimum absolute atomic E-state index is 0.0249. The zero-order valence-electron chi connectivity index (χ0n) is 26.8. The molecule has 3 aromatic rings. The molecule has 0 spiro atoms. The van der Waals surface area contributed by atoms with Gasteiger partial charge in [-0.25, -0.2) is 4.39 Å². The zero-order valence-corrected chi connectivity index (χ0v) is 26.8. The van der Waals surface area contributed by atoms with Gasteiger partial charge in [0.15, 0.2) is 0 Å². The number of aryl methyl sites for hydroxylation is 4. The molecule has 1 heterocycles. The predicted molar refractivity (Wildman–Crippen MR) is 168 cm³/mol. The second-order valence-electron chi connectivity index (χ2n) is 12.9. The van der Waals surface area contributed by atoms with E-state index in [0.29, 0.717) is 30.5 Å². The Bertz CT molecular complexity index is 1590. The molecule has 1 aliphatic carbocycles. The fourth-order valence-electron chi connectivity index (χ4n) is 6.29. The third-order valence-corrected chi connectivity index (χ3v) is 8.60. The molecular weight excluding hydrogens is 586 g/mol. The lowest BCUT2D eigenvalue weighted by atomic mass is 9.89. The van der Waals surface area contributed by atoms with Crippen molar-refractivity contribution >= 4 is 5.97 Å². The molecule has 0 bridgehead atoms. The lowest BCUT2D eigenvalue weighted by Gasteiger charge is -2.27. The Hall–Kier alpha value is -3.50. The molecule has 244 valence electrons. The summed E-state index contributed by atoms with van der Waals surface area (Å²) in [5.41, 5.74) is 3.74. The molecule has 45 heavy (non-hydrogen) atoms. The van der Waals surface area contributed by atoms with Crippen LogP contribution in [-0.4, -0.2) is 47.7 Å². The van der Waals surface area contributed by atoms with Crippen LogP contribution in [0.1, 0.15) is 76.7 Å². The number of aromatic nitrogens is 1. The monoisotopic (exact) mass is 629 g/mol. The third kappa shape index (κ3) is 8.61. The first kappa shape index (κ1) is 34.4. The fraction of sp³-hybridized carbons (Fsp3) is 0.486. The van der Waals surface area contributed by atoms with Gasteiger partial charge >= 0.3 is 12.1 Å². The molecule has 1 fully saturated rings. The lowest BCUT2D eigenvalue weighted by molar-refractivity contribution is -0.139. The summed E-state index contributed by atoms with van der Waals surface area (Å²) in [6.45, 7) is 8.06. The van der Waals surface area contributed by atoms with E-state index >= 15 is 4.39 Å². The Balaban J connectivity index is 1.73. The molecule has 1 unspecified atom stereocenters. The number of alkyl halides is 3. The van der Waals surface area contributed by atoms with E-state index in [4.69, 9.17) is 0 Å². The summed E-state index contributed by atoms with van der Waals surface area (Å²) in [5.74, 6) is -1.34. The summed E-state index contributed by atoms with van der Waals surface area (Å²) >= 11 is 0. The lowest BCUT2D eigenvalue weighted by Crippen LogP contribution is -2.36. The van der Waals surface area contributed by atoms with Crippen LogP contribution >= 0.6 is 0 Å². The molecule has 6 nitrogen and oxygen atoms in total. The highest BCUT2D eigenvalue weighted by Gasteiger charge is 2.35. The van der Waals surface area contributed by atoms with Gasteiger partial charge in [-0.05, 0) is 106 Å². The van der Waals surface area contributed by atoms with Gasteiger partial charge in [0.2, 0.25) is 0 Å². The van der Waals surface area contributed by atoms with Crippen LogP contribution in [0.15, 0.2) is 41.3 Å². The van der Waals surface area contributed by atoms with Gasteiger partial charge in [-0.1, -0.05) is 30.5 Å². The Morgan fingerprint density at radius 2 is 1.69 bits per heavy atom. The normalized spacial score (nSPS) is 15.0. The Kier molecular flexibility index (Phi) is 10.6. The van der Waals surface area contributed by atoms with E-state index in [1.165, 1.54) is 10.8 Å². The molecule has 0 amide bonds. The molecule has 0 radical (unpaired) electrons. The van der Waals surface area contributed by atoms with Crippen LogP contribution in [0.2, 0.25) is 0 Å². The van der Waals surface area contributed by atoms with Gasteiger partial charge in [0.05, 0.1) is 12.0 Å². The van der Waals surface area contributed by atoms with Crippen molar-refractivity contribution in [2.45, 2.75) is 78.1 Å². The number of hydrogen-bond donors (Lipinski definition) is 2. The van der Waals surface area contributed by atoms with Crippen molar-refractivity contribution in [2.75, 3.05) is 27.2 Å². The van der Waals surface area contributed by atoms with Crippen LogP contribution in [0.25, 0.3) is 11.1 Å². The highest BCUT2D eigenvalue weighted by atomic mass is 19.4. The summed E-state index contributed by atoms with van der Waals surface area (Å²) in [6.07, 6.45) is -1.25. The highest BCUT2D eigenvalue weighted by Crippen LogP contribution is 2.38. The number of aliphatic carboxylic acids is 1. The largest absolute Gasteiger partial charge is 0.481 e. The number of halogens is 4. The van der Waals surface area contributed by atoms with E-state index in [1.54, 1.807) is 38.1 Å². The van der Waals surface area contributed by atoms with E-state index in [-0.39, 0.29) is 24.1 Å². The van der Waals surface area contributed by atoms with Crippen molar-refractivity contribution in [2.24, 2.45) is 5.92 Å². The summed E-state index contributed by atoms with van der Waals surface area (Å²) in [6, 6.07) is 6.72. The average Bonchev–Trinajstić information content (AvgIpc) is 3.74. The zero-order chi connectivity index (χ0) is 33.2. The number of rotatable bonds is 13. The predicted octanol–water partition coefficient (Wildman–Crippen LogP) is 7.16. The van der Waals surface area contributed by atoms with E-state index in [0.717, 1.165) is 40.7 Å². The van der Waals surface area contributed by atoms with Crippen molar-refractivity contribution < 1.29 is 27.5 Å². The Morgan fingerprint density at radius 3 is 2.24 bits per heavy atom. The smallest absolute Gasteiger partial charge is 0.416 e. The minimum atomic E-state index is -4.68. The van der Waals surface area contributed by atoms with Crippen molar-refractivity contribution in [3.63, 3.8) is 0 Å². The van der Waals surface area contributed by atoms with Gasteiger partial charge in [-0.15, -0.1) is 0 Å². The van der Waals surface area contributed by atoms with Crippen LogP contribution in [0.3, 0.4) is 0 Å². The summed E-state index contributed by atoms with van der Waals surface area (Å²) < 4.78 is 58.8. The minimum Gasteiger partial charge on any atom is -0.481 e. The third-order valence-electron chi connectivity index (χ3n) is 8.60. The molecule has 4 rings (SSSR count). The van der Waals surface area contributed by atoms with E-state index < -0.39 is 47.6 Å². The van der Waals surface area contributed by atoms with Crippen molar-refractivity contribution in [3.05, 3.63) is 91.6 Å². The molecule has 0 aliphatic heterocycles. The number of hydrogen-bond acceptors (Lipinski definition) is 4. The number of nitrogens with zero attached hydrogens (tertiary/aromatic N) is 2.